The highest BCUT2D eigenvalue weighted by atomic mass is 32.2. The number of thioether (sulfide) groups is 1. The number of amides is 2. The first-order valence-electron chi connectivity index (χ1n) is 12.6. The fraction of sp³-hybridized carbons (Fsp3) is 0.333. The minimum atomic E-state index is -0.664. The standard InChI is InChI=1S/C30H33FN2O2S/c31-25-18-16-24(17-19-25)21-33(29(34)22-36-27-14-8-3-9-15-27)28(20-23-10-4-1-5-11-23)30(35)32-26-12-6-2-7-13-26/h1,3-5,8-11,14-19,26,28H,2,6-7,12-13,20-22H2,(H,32,35)/t28-/m0/s1. The van der Waals surface area contributed by atoms with Crippen molar-refractivity contribution in [3.05, 3.63) is 102 Å². The summed E-state index contributed by atoms with van der Waals surface area (Å²) in [6.45, 7) is 0.240. The lowest BCUT2D eigenvalue weighted by Gasteiger charge is -2.33. The zero-order valence-corrected chi connectivity index (χ0v) is 21.3. The smallest absolute Gasteiger partial charge is 0.243 e. The van der Waals surface area contributed by atoms with Crippen molar-refractivity contribution in [2.24, 2.45) is 0 Å². The summed E-state index contributed by atoms with van der Waals surface area (Å²) < 4.78 is 13.6. The zero-order valence-electron chi connectivity index (χ0n) is 20.4. The third kappa shape index (κ3) is 7.69. The molecule has 0 radical (unpaired) electrons. The van der Waals surface area contributed by atoms with Gasteiger partial charge in [-0.25, -0.2) is 4.39 Å². The molecule has 0 aliphatic heterocycles. The molecule has 188 valence electrons. The lowest BCUT2D eigenvalue weighted by atomic mass is 9.94. The molecular formula is C30H33FN2O2S. The van der Waals surface area contributed by atoms with Crippen LogP contribution in [0.2, 0.25) is 0 Å². The van der Waals surface area contributed by atoms with E-state index in [0.717, 1.165) is 41.7 Å². The van der Waals surface area contributed by atoms with Gasteiger partial charge >= 0.3 is 0 Å². The second-order valence-corrected chi connectivity index (χ2v) is 10.3. The topological polar surface area (TPSA) is 49.4 Å². The number of carbonyl (C=O) groups excluding carboxylic acids is 2. The Morgan fingerprint density at radius 3 is 2.17 bits per heavy atom. The number of rotatable bonds is 10. The van der Waals surface area contributed by atoms with Crippen molar-refractivity contribution in [3.8, 4) is 0 Å². The molecule has 4 nitrogen and oxygen atoms in total. The summed E-state index contributed by atoms with van der Waals surface area (Å²) >= 11 is 1.46. The van der Waals surface area contributed by atoms with Gasteiger partial charge in [0.25, 0.3) is 0 Å². The van der Waals surface area contributed by atoms with Crippen molar-refractivity contribution in [1.82, 2.24) is 10.2 Å². The van der Waals surface area contributed by atoms with Crippen LogP contribution in [-0.2, 0) is 22.6 Å². The minimum absolute atomic E-state index is 0.118. The van der Waals surface area contributed by atoms with Crippen LogP contribution in [0.4, 0.5) is 4.39 Å². The Bertz CT molecular complexity index is 1100. The molecule has 0 spiro atoms. The average molecular weight is 505 g/mol. The molecule has 2 amide bonds. The second-order valence-electron chi connectivity index (χ2n) is 9.30. The van der Waals surface area contributed by atoms with Crippen LogP contribution in [-0.4, -0.2) is 34.6 Å². The molecule has 4 rings (SSSR count). The van der Waals surface area contributed by atoms with Crippen LogP contribution in [0, 0.1) is 5.82 Å². The van der Waals surface area contributed by atoms with Gasteiger partial charge in [0.05, 0.1) is 5.75 Å². The molecule has 0 heterocycles. The number of nitrogens with zero attached hydrogens (tertiary/aromatic N) is 1. The van der Waals surface area contributed by atoms with E-state index in [2.05, 4.69) is 5.32 Å². The van der Waals surface area contributed by atoms with Crippen LogP contribution in [0.3, 0.4) is 0 Å². The number of hydrogen-bond acceptors (Lipinski definition) is 3. The van der Waals surface area contributed by atoms with Crippen molar-refractivity contribution in [2.45, 2.75) is 62.0 Å². The summed E-state index contributed by atoms with van der Waals surface area (Å²) in [4.78, 5) is 30.0. The van der Waals surface area contributed by atoms with E-state index in [1.807, 2.05) is 60.7 Å². The van der Waals surface area contributed by atoms with E-state index < -0.39 is 6.04 Å². The van der Waals surface area contributed by atoms with Crippen LogP contribution < -0.4 is 5.32 Å². The first-order valence-corrected chi connectivity index (χ1v) is 13.6. The highest BCUT2D eigenvalue weighted by Gasteiger charge is 2.31. The van der Waals surface area contributed by atoms with Gasteiger partial charge in [0.15, 0.2) is 0 Å². The molecule has 1 N–H and O–H groups in total. The number of benzene rings is 3. The Labute approximate surface area is 217 Å². The predicted molar refractivity (Wildman–Crippen MR) is 143 cm³/mol. The lowest BCUT2D eigenvalue weighted by molar-refractivity contribution is -0.139. The van der Waals surface area contributed by atoms with Gasteiger partial charge in [0, 0.05) is 23.9 Å². The molecule has 3 aromatic rings. The van der Waals surface area contributed by atoms with Crippen LogP contribution in [0.1, 0.15) is 43.2 Å². The first kappa shape index (κ1) is 26.0. The van der Waals surface area contributed by atoms with Crippen LogP contribution in [0.5, 0.6) is 0 Å². The maximum atomic E-state index is 13.7. The normalized spacial score (nSPS) is 14.7. The molecule has 6 heteroatoms. The van der Waals surface area contributed by atoms with Gasteiger partial charge < -0.3 is 10.2 Å². The summed E-state index contributed by atoms with van der Waals surface area (Å²) in [5.74, 6) is -0.348. The number of carbonyl (C=O) groups is 2. The van der Waals surface area contributed by atoms with Crippen LogP contribution >= 0.6 is 11.8 Å². The first-order chi connectivity index (χ1) is 17.6. The third-order valence-corrected chi connectivity index (χ3v) is 7.59. The summed E-state index contributed by atoms with van der Waals surface area (Å²) in [7, 11) is 0. The maximum Gasteiger partial charge on any atom is 0.243 e. The Morgan fingerprint density at radius 1 is 0.861 bits per heavy atom. The van der Waals surface area contributed by atoms with Gasteiger partial charge in [-0.15, -0.1) is 11.8 Å². The largest absolute Gasteiger partial charge is 0.352 e. The highest BCUT2D eigenvalue weighted by Crippen LogP contribution is 2.22. The van der Waals surface area contributed by atoms with Crippen molar-refractivity contribution in [3.63, 3.8) is 0 Å². The fourth-order valence-corrected chi connectivity index (χ4v) is 5.44. The molecule has 0 unspecified atom stereocenters. The molecule has 0 saturated heterocycles. The molecule has 36 heavy (non-hydrogen) atoms. The molecular weight excluding hydrogens is 471 g/mol. The summed E-state index contributed by atoms with van der Waals surface area (Å²) in [6, 6.07) is 25.2. The maximum absolute atomic E-state index is 13.7. The zero-order chi connectivity index (χ0) is 25.2. The summed E-state index contributed by atoms with van der Waals surface area (Å²) in [5, 5.41) is 3.24. The van der Waals surface area contributed by atoms with Crippen LogP contribution in [0.25, 0.3) is 0 Å². The second kappa shape index (κ2) is 13.3. The van der Waals surface area contributed by atoms with E-state index >= 15 is 0 Å². The summed E-state index contributed by atoms with van der Waals surface area (Å²) in [5.41, 5.74) is 1.78. The monoisotopic (exact) mass is 504 g/mol. The molecule has 1 aliphatic carbocycles. The quantitative estimate of drug-likeness (QED) is 0.344. The van der Waals surface area contributed by atoms with Gasteiger partial charge in [-0.1, -0.05) is 79.9 Å². The van der Waals surface area contributed by atoms with Gasteiger partial charge in [-0.2, -0.15) is 0 Å². The predicted octanol–water partition coefficient (Wildman–Crippen LogP) is 6.01. The van der Waals surface area contributed by atoms with Crippen molar-refractivity contribution in [2.75, 3.05) is 5.75 Å². The molecule has 1 fully saturated rings. The Balaban J connectivity index is 1.60. The third-order valence-electron chi connectivity index (χ3n) is 6.59. The van der Waals surface area contributed by atoms with Crippen molar-refractivity contribution < 1.29 is 14.0 Å². The number of halogens is 1. The van der Waals surface area contributed by atoms with Gasteiger partial charge in [-0.3, -0.25) is 9.59 Å². The van der Waals surface area contributed by atoms with E-state index in [1.165, 1.54) is 30.3 Å². The lowest BCUT2D eigenvalue weighted by Crippen LogP contribution is -2.53. The average Bonchev–Trinajstić information content (AvgIpc) is 2.92. The number of nitrogens with one attached hydrogen (secondary N) is 1. The Kier molecular flexibility index (Phi) is 9.56. The molecule has 3 aromatic carbocycles. The van der Waals surface area contributed by atoms with Crippen molar-refractivity contribution >= 4 is 23.6 Å². The van der Waals surface area contributed by atoms with Gasteiger partial charge in [0.2, 0.25) is 11.8 Å². The SMILES string of the molecule is O=C(NC1CCCCC1)[C@H](Cc1ccccc1)N(Cc1ccc(F)cc1)C(=O)CSc1ccccc1. The van der Waals surface area contributed by atoms with Gasteiger partial charge in [0.1, 0.15) is 11.9 Å². The number of hydrogen-bond donors (Lipinski definition) is 1. The van der Waals surface area contributed by atoms with E-state index in [1.54, 1.807) is 17.0 Å². The van der Waals surface area contributed by atoms with E-state index in [-0.39, 0.29) is 36.0 Å². The van der Waals surface area contributed by atoms with Crippen LogP contribution in [0.15, 0.2) is 89.8 Å². The van der Waals surface area contributed by atoms with E-state index in [4.69, 9.17) is 0 Å². The molecule has 0 aromatic heterocycles. The molecule has 1 aliphatic rings. The van der Waals surface area contributed by atoms with E-state index in [9.17, 15) is 14.0 Å². The Hall–Kier alpha value is -3.12. The summed E-state index contributed by atoms with van der Waals surface area (Å²) in [6.07, 6.45) is 5.79. The van der Waals surface area contributed by atoms with Crippen molar-refractivity contribution in [1.29, 1.82) is 0 Å². The Morgan fingerprint density at radius 2 is 1.50 bits per heavy atom. The van der Waals surface area contributed by atoms with Gasteiger partial charge in [-0.05, 0) is 48.2 Å². The minimum Gasteiger partial charge on any atom is -0.352 e. The molecule has 1 atom stereocenters. The molecule has 1 saturated carbocycles. The molecule has 0 bridgehead atoms. The highest BCUT2D eigenvalue weighted by molar-refractivity contribution is 8.00. The van der Waals surface area contributed by atoms with E-state index in [0.29, 0.717) is 6.42 Å². The fourth-order valence-electron chi connectivity index (χ4n) is 4.63.